The maximum absolute atomic E-state index is 12.5. The Morgan fingerprint density at radius 2 is 1.79 bits per heavy atom. The van der Waals surface area contributed by atoms with E-state index in [-0.39, 0.29) is 11.8 Å². The first-order valence-corrected chi connectivity index (χ1v) is 10.5. The number of nitrogens with one attached hydrogen (secondary N) is 1. The molecule has 1 N–H and O–H groups in total. The van der Waals surface area contributed by atoms with Gasteiger partial charge in [0.1, 0.15) is 0 Å². The summed E-state index contributed by atoms with van der Waals surface area (Å²) < 4.78 is 0. The first-order chi connectivity index (χ1) is 13.7. The molecule has 0 saturated carbocycles. The van der Waals surface area contributed by atoms with E-state index in [1.807, 2.05) is 30.3 Å². The van der Waals surface area contributed by atoms with Gasteiger partial charge in [0.15, 0.2) is 0 Å². The monoisotopic (exact) mass is 379 g/mol. The molecule has 4 heteroatoms. The third-order valence-electron chi connectivity index (χ3n) is 5.62. The minimum atomic E-state index is -0.0425. The number of benzene rings is 2. The van der Waals surface area contributed by atoms with Gasteiger partial charge in [0, 0.05) is 38.4 Å². The lowest BCUT2D eigenvalue weighted by atomic mass is 9.96. The molecule has 1 aliphatic rings. The van der Waals surface area contributed by atoms with Gasteiger partial charge in [-0.05, 0) is 49.6 Å². The van der Waals surface area contributed by atoms with Crippen LogP contribution >= 0.6 is 0 Å². The van der Waals surface area contributed by atoms with Crippen LogP contribution in [-0.4, -0.2) is 50.1 Å². The Morgan fingerprint density at radius 3 is 2.46 bits per heavy atom. The van der Waals surface area contributed by atoms with E-state index >= 15 is 0 Å². The van der Waals surface area contributed by atoms with E-state index in [1.165, 1.54) is 11.3 Å². The molecule has 28 heavy (non-hydrogen) atoms. The van der Waals surface area contributed by atoms with Crippen molar-refractivity contribution in [2.45, 2.75) is 32.6 Å². The highest BCUT2D eigenvalue weighted by atomic mass is 16.1. The predicted molar refractivity (Wildman–Crippen MR) is 117 cm³/mol. The van der Waals surface area contributed by atoms with Crippen molar-refractivity contribution in [3.8, 4) is 0 Å². The zero-order chi connectivity index (χ0) is 19.8. The van der Waals surface area contributed by atoms with E-state index in [9.17, 15) is 4.79 Å². The Labute approximate surface area is 169 Å². The summed E-state index contributed by atoms with van der Waals surface area (Å²) in [6.07, 6.45) is 1.83. The van der Waals surface area contributed by atoms with Crippen LogP contribution in [0.5, 0.6) is 0 Å². The molecule has 2 aromatic rings. The van der Waals surface area contributed by atoms with E-state index in [0.29, 0.717) is 0 Å². The van der Waals surface area contributed by atoms with E-state index in [1.54, 1.807) is 0 Å². The molecule has 0 spiro atoms. The van der Waals surface area contributed by atoms with Crippen LogP contribution in [0.25, 0.3) is 0 Å². The third kappa shape index (κ3) is 5.59. The van der Waals surface area contributed by atoms with Crippen molar-refractivity contribution in [1.82, 2.24) is 10.2 Å². The second-order valence-electron chi connectivity index (χ2n) is 7.68. The number of amides is 1. The zero-order valence-electron chi connectivity index (χ0n) is 17.2. The lowest BCUT2D eigenvalue weighted by Crippen LogP contribution is -2.47. The molecular formula is C24H33N3O. The lowest BCUT2D eigenvalue weighted by molar-refractivity contribution is -0.122. The molecule has 0 bridgehead atoms. The fourth-order valence-electron chi connectivity index (χ4n) is 3.95. The second-order valence-corrected chi connectivity index (χ2v) is 7.68. The summed E-state index contributed by atoms with van der Waals surface area (Å²) in [4.78, 5) is 17.5. The number of rotatable bonds is 8. The molecule has 0 aromatic heterocycles. The van der Waals surface area contributed by atoms with Gasteiger partial charge in [-0.3, -0.25) is 9.69 Å². The molecular weight excluding hydrogens is 346 g/mol. The summed E-state index contributed by atoms with van der Waals surface area (Å²) in [6.45, 7) is 10.3. The summed E-state index contributed by atoms with van der Waals surface area (Å²) in [5.41, 5.74) is 3.75. The maximum Gasteiger partial charge on any atom is 0.227 e. The summed E-state index contributed by atoms with van der Waals surface area (Å²) in [5, 5.41) is 3.14. The SMILES string of the molecule is CCC(C(=O)NCCCN1CCN(c2cccc(C)c2)CC1)c1ccccc1. The first kappa shape index (κ1) is 20.4. The summed E-state index contributed by atoms with van der Waals surface area (Å²) in [7, 11) is 0. The molecule has 4 nitrogen and oxygen atoms in total. The number of piperazine rings is 1. The Bertz CT molecular complexity index is 739. The normalized spacial score (nSPS) is 16.0. The van der Waals surface area contributed by atoms with Gasteiger partial charge in [-0.15, -0.1) is 0 Å². The van der Waals surface area contributed by atoms with Crippen LogP contribution < -0.4 is 10.2 Å². The average Bonchev–Trinajstić information content (AvgIpc) is 2.73. The molecule has 3 rings (SSSR count). The largest absolute Gasteiger partial charge is 0.369 e. The Kier molecular flexibility index (Phi) is 7.49. The van der Waals surface area contributed by atoms with Gasteiger partial charge in [-0.2, -0.15) is 0 Å². The quantitative estimate of drug-likeness (QED) is 0.709. The highest BCUT2D eigenvalue weighted by molar-refractivity contribution is 5.83. The number of carbonyl (C=O) groups excluding carboxylic acids is 1. The Morgan fingerprint density at radius 1 is 1.04 bits per heavy atom. The van der Waals surface area contributed by atoms with Gasteiger partial charge in [-0.25, -0.2) is 0 Å². The van der Waals surface area contributed by atoms with Gasteiger partial charge in [-0.1, -0.05) is 49.4 Å². The minimum absolute atomic E-state index is 0.0425. The van der Waals surface area contributed by atoms with Crippen molar-refractivity contribution in [3.05, 3.63) is 65.7 Å². The topological polar surface area (TPSA) is 35.6 Å². The van der Waals surface area contributed by atoms with Crippen LogP contribution in [0.4, 0.5) is 5.69 Å². The zero-order valence-corrected chi connectivity index (χ0v) is 17.2. The van der Waals surface area contributed by atoms with Gasteiger partial charge in [0.05, 0.1) is 5.92 Å². The van der Waals surface area contributed by atoms with E-state index in [2.05, 4.69) is 53.2 Å². The van der Waals surface area contributed by atoms with Crippen molar-refractivity contribution in [3.63, 3.8) is 0 Å². The highest BCUT2D eigenvalue weighted by Gasteiger charge is 2.19. The van der Waals surface area contributed by atoms with Crippen LogP contribution in [0.15, 0.2) is 54.6 Å². The van der Waals surface area contributed by atoms with E-state index < -0.39 is 0 Å². The van der Waals surface area contributed by atoms with Crippen LogP contribution in [0.2, 0.25) is 0 Å². The standard InChI is InChI=1S/C24H33N3O/c1-3-23(21-10-5-4-6-11-21)24(28)25-13-8-14-26-15-17-27(18-16-26)22-12-7-9-20(2)19-22/h4-7,9-12,19,23H,3,8,13-18H2,1-2H3,(H,25,28). The van der Waals surface area contributed by atoms with E-state index in [0.717, 1.165) is 57.7 Å². The fraction of sp³-hybridized carbons (Fsp3) is 0.458. The number of hydrogen-bond donors (Lipinski definition) is 1. The first-order valence-electron chi connectivity index (χ1n) is 10.5. The van der Waals surface area contributed by atoms with Crippen molar-refractivity contribution < 1.29 is 4.79 Å². The third-order valence-corrected chi connectivity index (χ3v) is 5.62. The maximum atomic E-state index is 12.5. The molecule has 1 amide bonds. The molecule has 150 valence electrons. The van der Waals surface area contributed by atoms with Crippen molar-refractivity contribution >= 4 is 11.6 Å². The number of carbonyl (C=O) groups is 1. The molecule has 1 saturated heterocycles. The Balaban J connectivity index is 1.36. The Hall–Kier alpha value is -2.33. The van der Waals surface area contributed by atoms with Crippen molar-refractivity contribution in [2.24, 2.45) is 0 Å². The number of anilines is 1. The van der Waals surface area contributed by atoms with Gasteiger partial charge in [0.2, 0.25) is 5.91 Å². The van der Waals surface area contributed by atoms with Crippen LogP contribution in [0.3, 0.4) is 0 Å². The van der Waals surface area contributed by atoms with Crippen molar-refractivity contribution in [1.29, 1.82) is 0 Å². The van der Waals surface area contributed by atoms with Crippen molar-refractivity contribution in [2.75, 3.05) is 44.2 Å². The smallest absolute Gasteiger partial charge is 0.227 e. The van der Waals surface area contributed by atoms with Gasteiger partial charge in [0.25, 0.3) is 0 Å². The predicted octanol–water partition coefficient (Wildman–Crippen LogP) is 3.82. The number of hydrogen-bond acceptors (Lipinski definition) is 3. The highest BCUT2D eigenvalue weighted by Crippen LogP contribution is 2.19. The van der Waals surface area contributed by atoms with Crippen LogP contribution in [-0.2, 0) is 4.79 Å². The molecule has 0 aliphatic carbocycles. The molecule has 1 fully saturated rings. The molecule has 2 aromatic carbocycles. The second kappa shape index (κ2) is 10.3. The van der Waals surface area contributed by atoms with E-state index in [4.69, 9.17) is 0 Å². The minimum Gasteiger partial charge on any atom is -0.369 e. The summed E-state index contributed by atoms with van der Waals surface area (Å²) in [5.74, 6) is 0.108. The molecule has 0 radical (unpaired) electrons. The molecule has 1 unspecified atom stereocenters. The van der Waals surface area contributed by atoms with Gasteiger partial charge < -0.3 is 10.2 Å². The van der Waals surface area contributed by atoms with Gasteiger partial charge >= 0.3 is 0 Å². The molecule has 1 heterocycles. The van der Waals surface area contributed by atoms with Crippen LogP contribution in [0.1, 0.15) is 36.8 Å². The summed E-state index contributed by atoms with van der Waals surface area (Å²) in [6, 6.07) is 18.8. The lowest BCUT2D eigenvalue weighted by Gasteiger charge is -2.36. The van der Waals surface area contributed by atoms with Crippen LogP contribution in [0, 0.1) is 6.92 Å². The number of aryl methyl sites for hydroxylation is 1. The average molecular weight is 380 g/mol. The molecule has 1 atom stereocenters. The molecule has 1 aliphatic heterocycles. The number of nitrogens with zero attached hydrogens (tertiary/aromatic N) is 2. The fourth-order valence-corrected chi connectivity index (χ4v) is 3.95. The summed E-state index contributed by atoms with van der Waals surface area (Å²) >= 11 is 0.